The van der Waals surface area contributed by atoms with E-state index >= 15 is 0 Å². The first kappa shape index (κ1) is 19.8. The van der Waals surface area contributed by atoms with Gasteiger partial charge in [-0.05, 0) is 48.9 Å². The van der Waals surface area contributed by atoms with Crippen molar-refractivity contribution in [2.24, 2.45) is 0 Å². The molecule has 0 atom stereocenters. The number of carbonyl (C=O) groups is 2. The molecule has 8 heteroatoms. The maximum absolute atomic E-state index is 13.2. The molecule has 30 heavy (non-hydrogen) atoms. The average Bonchev–Trinajstić information content (AvgIpc) is 3.31. The molecule has 2 aromatic carbocycles. The number of imidazole rings is 1. The summed E-state index contributed by atoms with van der Waals surface area (Å²) in [7, 11) is 1.31. The lowest BCUT2D eigenvalue weighted by atomic mass is 10.1. The number of esters is 1. The van der Waals surface area contributed by atoms with Crippen LogP contribution in [0.2, 0.25) is 0 Å². The summed E-state index contributed by atoms with van der Waals surface area (Å²) in [6.45, 7) is 1.85. The highest BCUT2D eigenvalue weighted by Crippen LogP contribution is 2.25. The van der Waals surface area contributed by atoms with Gasteiger partial charge in [-0.1, -0.05) is 6.07 Å². The number of aromatic nitrogens is 2. The zero-order valence-electron chi connectivity index (χ0n) is 16.3. The number of amides is 1. The number of nitrogens with zero attached hydrogens (tertiary/aromatic N) is 2. The number of nitrogens with one attached hydrogen (secondary N) is 1. The summed E-state index contributed by atoms with van der Waals surface area (Å²) in [5, 5.41) is 4.74. The summed E-state index contributed by atoms with van der Waals surface area (Å²) < 4.78 is 19.8. The fourth-order valence-electron chi connectivity index (χ4n) is 3.08. The first-order valence-electron chi connectivity index (χ1n) is 9.15. The zero-order chi connectivity index (χ0) is 21.3. The number of carbonyl (C=O) groups excluding carboxylic acids is 2. The lowest BCUT2D eigenvalue weighted by Crippen LogP contribution is -2.16. The van der Waals surface area contributed by atoms with Crippen molar-refractivity contribution in [3.63, 3.8) is 0 Å². The second-order valence-corrected chi connectivity index (χ2v) is 7.60. The van der Waals surface area contributed by atoms with Crippen LogP contribution in [-0.2, 0) is 16.0 Å². The van der Waals surface area contributed by atoms with Crippen molar-refractivity contribution >= 4 is 33.9 Å². The van der Waals surface area contributed by atoms with Gasteiger partial charge in [-0.3, -0.25) is 9.20 Å². The molecule has 2 heterocycles. The smallest absolute Gasteiger partial charge is 0.337 e. The Morgan fingerprint density at radius 2 is 1.97 bits per heavy atom. The molecule has 0 aliphatic heterocycles. The lowest BCUT2D eigenvalue weighted by molar-refractivity contribution is -0.115. The highest BCUT2D eigenvalue weighted by molar-refractivity contribution is 7.15. The predicted molar refractivity (Wildman–Crippen MR) is 113 cm³/mol. The van der Waals surface area contributed by atoms with Crippen LogP contribution in [-0.4, -0.2) is 28.4 Å². The molecule has 0 saturated heterocycles. The van der Waals surface area contributed by atoms with E-state index in [4.69, 9.17) is 4.74 Å². The quantitative estimate of drug-likeness (QED) is 0.481. The summed E-state index contributed by atoms with van der Waals surface area (Å²) in [5.41, 5.74) is 4.08. The van der Waals surface area contributed by atoms with E-state index in [0.29, 0.717) is 16.9 Å². The standard InChI is InChI=1S/C22H18FN3O3S/c1-13-3-4-15(21(28)29-2)9-18(13)24-20(27)10-17-12-30-22-25-19(11-26(17)22)14-5-7-16(23)8-6-14/h3-9,11-12H,10H2,1-2H3,(H,24,27). The Morgan fingerprint density at radius 3 is 2.70 bits per heavy atom. The monoisotopic (exact) mass is 423 g/mol. The van der Waals surface area contributed by atoms with Crippen molar-refractivity contribution in [1.29, 1.82) is 0 Å². The normalized spacial score (nSPS) is 10.9. The van der Waals surface area contributed by atoms with Crippen LogP contribution in [0.3, 0.4) is 0 Å². The van der Waals surface area contributed by atoms with E-state index in [9.17, 15) is 14.0 Å². The highest BCUT2D eigenvalue weighted by Gasteiger charge is 2.15. The number of anilines is 1. The van der Waals surface area contributed by atoms with E-state index in [0.717, 1.165) is 21.8 Å². The molecule has 0 spiro atoms. The molecule has 0 fully saturated rings. The van der Waals surface area contributed by atoms with Crippen molar-refractivity contribution in [2.45, 2.75) is 13.3 Å². The molecule has 2 aromatic heterocycles. The number of hydrogen-bond acceptors (Lipinski definition) is 5. The van der Waals surface area contributed by atoms with E-state index in [1.54, 1.807) is 30.3 Å². The molecular formula is C22H18FN3O3S. The van der Waals surface area contributed by atoms with Crippen molar-refractivity contribution in [3.05, 3.63) is 76.7 Å². The number of hydrogen-bond donors (Lipinski definition) is 1. The number of aryl methyl sites for hydroxylation is 1. The SMILES string of the molecule is COC(=O)c1ccc(C)c(NC(=O)Cc2csc3nc(-c4ccc(F)cc4)cn23)c1. The van der Waals surface area contributed by atoms with E-state index < -0.39 is 5.97 Å². The number of rotatable bonds is 5. The zero-order valence-corrected chi connectivity index (χ0v) is 17.1. The minimum atomic E-state index is -0.461. The van der Waals surface area contributed by atoms with Gasteiger partial charge in [0.25, 0.3) is 0 Å². The van der Waals surface area contributed by atoms with E-state index in [-0.39, 0.29) is 18.1 Å². The first-order chi connectivity index (χ1) is 14.4. The molecule has 0 bridgehead atoms. The van der Waals surface area contributed by atoms with Crippen molar-refractivity contribution in [2.75, 3.05) is 12.4 Å². The lowest BCUT2D eigenvalue weighted by Gasteiger charge is -2.10. The summed E-state index contributed by atoms with van der Waals surface area (Å²) in [6, 6.07) is 11.1. The predicted octanol–water partition coefficient (Wildman–Crippen LogP) is 4.48. The summed E-state index contributed by atoms with van der Waals surface area (Å²) in [5.74, 6) is -0.975. The summed E-state index contributed by atoms with van der Waals surface area (Å²) in [4.78, 5) is 29.7. The minimum absolute atomic E-state index is 0.140. The molecule has 0 unspecified atom stereocenters. The minimum Gasteiger partial charge on any atom is -0.465 e. The molecule has 0 saturated carbocycles. The van der Waals surface area contributed by atoms with E-state index in [1.807, 2.05) is 22.9 Å². The Bertz CT molecular complexity index is 1240. The molecule has 0 aliphatic rings. The molecule has 4 rings (SSSR count). The van der Waals surface area contributed by atoms with Gasteiger partial charge in [0.2, 0.25) is 5.91 Å². The van der Waals surface area contributed by atoms with Crippen LogP contribution in [0.15, 0.2) is 54.0 Å². The van der Waals surface area contributed by atoms with Gasteiger partial charge in [-0.15, -0.1) is 11.3 Å². The number of benzene rings is 2. The fourth-order valence-corrected chi connectivity index (χ4v) is 3.95. The third-order valence-corrected chi connectivity index (χ3v) is 5.59. The Kier molecular flexibility index (Phi) is 5.33. The van der Waals surface area contributed by atoms with E-state index in [2.05, 4.69) is 10.3 Å². The van der Waals surface area contributed by atoms with Gasteiger partial charge in [0, 0.05) is 28.5 Å². The molecule has 6 nitrogen and oxygen atoms in total. The van der Waals surface area contributed by atoms with Crippen molar-refractivity contribution in [1.82, 2.24) is 9.38 Å². The van der Waals surface area contributed by atoms with Gasteiger partial charge in [-0.25, -0.2) is 14.2 Å². The van der Waals surface area contributed by atoms with Crippen LogP contribution < -0.4 is 5.32 Å². The van der Waals surface area contributed by atoms with Gasteiger partial charge in [-0.2, -0.15) is 0 Å². The molecule has 4 aromatic rings. The van der Waals surface area contributed by atoms with Crippen LogP contribution in [0.1, 0.15) is 21.6 Å². The summed E-state index contributed by atoms with van der Waals surface area (Å²) >= 11 is 1.43. The van der Waals surface area contributed by atoms with Crippen LogP contribution in [0.5, 0.6) is 0 Å². The molecule has 0 radical (unpaired) electrons. The molecule has 0 aliphatic carbocycles. The Labute approximate surface area is 176 Å². The second kappa shape index (κ2) is 8.08. The maximum Gasteiger partial charge on any atom is 0.337 e. The Balaban J connectivity index is 1.54. The number of methoxy groups -OCH3 is 1. The first-order valence-corrected chi connectivity index (χ1v) is 10.0. The van der Waals surface area contributed by atoms with Crippen molar-refractivity contribution < 1.29 is 18.7 Å². The Hall–Kier alpha value is -3.52. The highest BCUT2D eigenvalue weighted by atomic mass is 32.1. The van der Waals surface area contributed by atoms with Crippen LogP contribution in [0.4, 0.5) is 10.1 Å². The van der Waals surface area contributed by atoms with Crippen LogP contribution in [0.25, 0.3) is 16.2 Å². The number of halogens is 1. The molecular weight excluding hydrogens is 405 g/mol. The molecule has 1 N–H and O–H groups in total. The van der Waals surface area contributed by atoms with Gasteiger partial charge >= 0.3 is 5.97 Å². The van der Waals surface area contributed by atoms with Gasteiger partial charge in [0.05, 0.1) is 24.8 Å². The van der Waals surface area contributed by atoms with Gasteiger partial charge in [0.15, 0.2) is 4.96 Å². The van der Waals surface area contributed by atoms with Gasteiger partial charge < -0.3 is 10.1 Å². The van der Waals surface area contributed by atoms with E-state index in [1.165, 1.54) is 30.6 Å². The number of ether oxygens (including phenoxy) is 1. The largest absolute Gasteiger partial charge is 0.465 e. The van der Waals surface area contributed by atoms with Crippen molar-refractivity contribution in [3.8, 4) is 11.3 Å². The molecule has 152 valence electrons. The fraction of sp³-hybridized carbons (Fsp3) is 0.136. The number of fused-ring (bicyclic) bond motifs is 1. The topological polar surface area (TPSA) is 72.7 Å². The number of thiazole rings is 1. The average molecular weight is 423 g/mol. The summed E-state index contributed by atoms with van der Waals surface area (Å²) in [6.07, 6.45) is 1.98. The molecule has 1 amide bonds. The third-order valence-electron chi connectivity index (χ3n) is 4.70. The van der Waals surface area contributed by atoms with Crippen LogP contribution >= 0.6 is 11.3 Å². The maximum atomic E-state index is 13.2. The van der Waals surface area contributed by atoms with Crippen LogP contribution in [0, 0.1) is 12.7 Å². The second-order valence-electron chi connectivity index (χ2n) is 6.76. The Morgan fingerprint density at radius 1 is 1.20 bits per heavy atom. The van der Waals surface area contributed by atoms with Gasteiger partial charge in [0.1, 0.15) is 5.82 Å². The third kappa shape index (κ3) is 3.95.